The number of hydrogen-bond acceptors (Lipinski definition) is 3. The topological polar surface area (TPSA) is 55.1 Å². The van der Waals surface area contributed by atoms with Gasteiger partial charge in [0.15, 0.2) is 0 Å². The van der Waals surface area contributed by atoms with Crippen LogP contribution in [0.4, 0.5) is 0 Å². The molecule has 0 fully saturated rings. The molecule has 14 heavy (non-hydrogen) atoms. The lowest BCUT2D eigenvalue weighted by Gasteiger charge is -2.03. The number of nitrogens with zero attached hydrogens (tertiary/aromatic N) is 2. The molecular formula is C9H7ClN2O2. The summed E-state index contributed by atoms with van der Waals surface area (Å²) in [5, 5.41) is 9.99. The molecule has 0 bridgehead atoms. The van der Waals surface area contributed by atoms with E-state index in [1.54, 1.807) is 7.05 Å². The molecule has 0 saturated heterocycles. The molecule has 0 aliphatic heterocycles. The van der Waals surface area contributed by atoms with Crippen LogP contribution in [0.2, 0.25) is 5.02 Å². The third-order valence-electron chi connectivity index (χ3n) is 2.00. The van der Waals surface area contributed by atoms with Gasteiger partial charge >= 0.3 is 0 Å². The zero-order valence-electron chi connectivity index (χ0n) is 7.36. The van der Waals surface area contributed by atoms with E-state index >= 15 is 0 Å². The Bertz CT molecular complexity index is 562. The van der Waals surface area contributed by atoms with Gasteiger partial charge in [-0.3, -0.25) is 4.79 Å². The molecule has 0 amide bonds. The molecule has 1 aromatic carbocycles. The highest BCUT2D eigenvalue weighted by atomic mass is 35.5. The van der Waals surface area contributed by atoms with Crippen LogP contribution in [0.5, 0.6) is 5.75 Å². The number of fused-ring (bicyclic) bond motifs is 1. The Hall–Kier alpha value is -1.55. The molecule has 5 heteroatoms. The second-order valence-corrected chi connectivity index (χ2v) is 3.36. The summed E-state index contributed by atoms with van der Waals surface area (Å²) in [6.07, 6.45) is 1.35. The van der Waals surface area contributed by atoms with Gasteiger partial charge < -0.3 is 9.67 Å². The molecule has 1 aromatic heterocycles. The normalized spacial score (nSPS) is 10.7. The van der Waals surface area contributed by atoms with E-state index in [1.807, 2.05) is 0 Å². The maximum absolute atomic E-state index is 11.6. The second-order valence-electron chi connectivity index (χ2n) is 2.95. The van der Waals surface area contributed by atoms with E-state index in [2.05, 4.69) is 4.98 Å². The fraction of sp³-hybridized carbons (Fsp3) is 0.111. The molecule has 0 aliphatic carbocycles. The van der Waals surface area contributed by atoms with Gasteiger partial charge in [-0.2, -0.15) is 0 Å². The third kappa shape index (κ3) is 1.15. The Morgan fingerprint density at radius 1 is 1.50 bits per heavy atom. The van der Waals surface area contributed by atoms with Crippen LogP contribution in [0, 0.1) is 0 Å². The van der Waals surface area contributed by atoms with Crippen molar-refractivity contribution >= 4 is 22.5 Å². The van der Waals surface area contributed by atoms with Crippen molar-refractivity contribution in [3.63, 3.8) is 0 Å². The van der Waals surface area contributed by atoms with Gasteiger partial charge in [0.2, 0.25) is 0 Å². The number of halogens is 1. The molecule has 0 saturated carbocycles. The van der Waals surface area contributed by atoms with Crippen molar-refractivity contribution in [2.24, 2.45) is 7.05 Å². The van der Waals surface area contributed by atoms with Crippen molar-refractivity contribution in [1.82, 2.24) is 9.55 Å². The van der Waals surface area contributed by atoms with Crippen LogP contribution < -0.4 is 5.56 Å². The van der Waals surface area contributed by atoms with E-state index in [-0.39, 0.29) is 22.2 Å². The fourth-order valence-electron chi connectivity index (χ4n) is 1.26. The van der Waals surface area contributed by atoms with Crippen LogP contribution in [0.15, 0.2) is 23.3 Å². The van der Waals surface area contributed by atoms with E-state index in [9.17, 15) is 9.90 Å². The number of aromatic hydroxyl groups is 1. The van der Waals surface area contributed by atoms with Crippen LogP contribution in [0.25, 0.3) is 10.9 Å². The second kappa shape index (κ2) is 2.99. The summed E-state index contributed by atoms with van der Waals surface area (Å²) in [5.74, 6) is -0.0397. The van der Waals surface area contributed by atoms with Crippen LogP contribution in [0.1, 0.15) is 0 Å². The lowest BCUT2D eigenvalue weighted by Crippen LogP contribution is -2.17. The minimum Gasteiger partial charge on any atom is -0.506 e. The Kier molecular flexibility index (Phi) is 1.93. The van der Waals surface area contributed by atoms with Crippen LogP contribution >= 0.6 is 11.6 Å². The summed E-state index contributed by atoms with van der Waals surface area (Å²) in [4.78, 5) is 15.6. The van der Waals surface area contributed by atoms with Crippen LogP contribution in [0.3, 0.4) is 0 Å². The molecule has 0 atom stereocenters. The summed E-state index contributed by atoms with van der Waals surface area (Å²) < 4.78 is 1.31. The number of phenols is 1. The predicted molar refractivity (Wildman–Crippen MR) is 53.7 cm³/mol. The molecule has 1 N–H and O–H groups in total. The van der Waals surface area contributed by atoms with E-state index in [0.29, 0.717) is 5.02 Å². The van der Waals surface area contributed by atoms with E-state index in [0.717, 1.165) is 0 Å². The quantitative estimate of drug-likeness (QED) is 0.713. The molecule has 2 aromatic rings. The first-order valence-corrected chi connectivity index (χ1v) is 4.32. The average molecular weight is 211 g/mol. The van der Waals surface area contributed by atoms with Gasteiger partial charge in [-0.05, 0) is 12.1 Å². The molecule has 0 radical (unpaired) electrons. The minimum absolute atomic E-state index is 0.0397. The number of aryl methyl sites for hydroxylation is 1. The maximum Gasteiger partial charge on any atom is 0.262 e. The summed E-state index contributed by atoms with van der Waals surface area (Å²) in [6, 6.07) is 2.89. The average Bonchev–Trinajstić information content (AvgIpc) is 2.16. The highest BCUT2D eigenvalue weighted by Crippen LogP contribution is 2.25. The van der Waals surface area contributed by atoms with Gasteiger partial charge in [-0.15, -0.1) is 0 Å². The number of rotatable bonds is 0. The van der Waals surface area contributed by atoms with E-state index < -0.39 is 0 Å². The third-order valence-corrected chi connectivity index (χ3v) is 2.32. The number of phenolic OH excluding ortho intramolecular Hbond substituents is 1. The van der Waals surface area contributed by atoms with Gasteiger partial charge in [0.25, 0.3) is 5.56 Å². The first kappa shape index (κ1) is 9.02. The SMILES string of the molecule is Cn1cnc2c(O)ccc(Cl)c2c1=O. The summed E-state index contributed by atoms with van der Waals surface area (Å²) >= 11 is 5.84. The standard InChI is InChI=1S/C9H7ClN2O2/c1-12-4-11-8-6(13)3-2-5(10)7(8)9(12)14/h2-4,13H,1H3. The van der Waals surface area contributed by atoms with Gasteiger partial charge in [-0.1, -0.05) is 11.6 Å². The number of benzene rings is 1. The number of hydrogen-bond donors (Lipinski definition) is 1. The van der Waals surface area contributed by atoms with Crippen LogP contribution in [-0.2, 0) is 7.05 Å². The van der Waals surface area contributed by atoms with Gasteiger partial charge in [-0.25, -0.2) is 4.98 Å². The molecule has 0 aliphatic rings. The molecule has 1 heterocycles. The van der Waals surface area contributed by atoms with Crippen molar-refractivity contribution in [3.8, 4) is 5.75 Å². The lowest BCUT2D eigenvalue weighted by molar-refractivity contribution is 0.480. The summed E-state index contributed by atoms with van der Waals surface area (Å²) in [6.45, 7) is 0. The van der Waals surface area contributed by atoms with Crippen LogP contribution in [-0.4, -0.2) is 14.7 Å². The zero-order valence-corrected chi connectivity index (χ0v) is 8.12. The Morgan fingerprint density at radius 2 is 2.21 bits per heavy atom. The molecule has 0 spiro atoms. The van der Waals surface area contributed by atoms with Crippen molar-refractivity contribution in [2.75, 3.05) is 0 Å². The first-order chi connectivity index (χ1) is 6.61. The molecule has 2 rings (SSSR count). The molecular weight excluding hydrogens is 204 g/mol. The summed E-state index contributed by atoms with van der Waals surface area (Å²) in [7, 11) is 1.58. The highest BCUT2D eigenvalue weighted by molar-refractivity contribution is 6.35. The van der Waals surface area contributed by atoms with E-state index in [4.69, 9.17) is 11.6 Å². The molecule has 72 valence electrons. The molecule has 0 unspecified atom stereocenters. The lowest BCUT2D eigenvalue weighted by atomic mass is 10.2. The fourth-order valence-corrected chi connectivity index (χ4v) is 1.50. The van der Waals surface area contributed by atoms with Crippen molar-refractivity contribution in [2.45, 2.75) is 0 Å². The van der Waals surface area contributed by atoms with Gasteiger partial charge in [0.05, 0.1) is 16.7 Å². The summed E-state index contributed by atoms with van der Waals surface area (Å²) in [5.41, 5.74) is -0.0310. The van der Waals surface area contributed by atoms with Crippen molar-refractivity contribution in [1.29, 1.82) is 0 Å². The monoisotopic (exact) mass is 210 g/mol. The molecule has 4 nitrogen and oxygen atoms in total. The smallest absolute Gasteiger partial charge is 0.262 e. The Labute approximate surface area is 84.4 Å². The maximum atomic E-state index is 11.6. The predicted octanol–water partition coefficient (Wildman–Crippen LogP) is 1.29. The van der Waals surface area contributed by atoms with Gasteiger partial charge in [0, 0.05) is 7.05 Å². The van der Waals surface area contributed by atoms with Crippen molar-refractivity contribution in [3.05, 3.63) is 33.8 Å². The van der Waals surface area contributed by atoms with Crippen molar-refractivity contribution < 1.29 is 5.11 Å². The zero-order chi connectivity index (χ0) is 10.3. The largest absolute Gasteiger partial charge is 0.506 e. The Balaban J connectivity index is 3.09. The Morgan fingerprint density at radius 3 is 2.93 bits per heavy atom. The minimum atomic E-state index is -0.268. The first-order valence-electron chi connectivity index (χ1n) is 3.94. The van der Waals surface area contributed by atoms with Gasteiger partial charge in [0.1, 0.15) is 11.3 Å². The van der Waals surface area contributed by atoms with E-state index in [1.165, 1.54) is 23.0 Å². The highest BCUT2D eigenvalue weighted by Gasteiger charge is 2.09. The number of aromatic nitrogens is 2.